The van der Waals surface area contributed by atoms with Gasteiger partial charge in [0.2, 0.25) is 0 Å². The molecule has 1 aliphatic rings. The number of carboxylic acids is 1. The molecule has 0 radical (unpaired) electrons. The van der Waals surface area contributed by atoms with Crippen molar-refractivity contribution in [2.45, 2.75) is 52.1 Å². The van der Waals surface area contributed by atoms with Gasteiger partial charge in [0.25, 0.3) is 0 Å². The summed E-state index contributed by atoms with van der Waals surface area (Å²) in [7, 11) is 0. The molecule has 1 rings (SSSR count). The Bertz CT molecular complexity index is 313. The van der Waals surface area contributed by atoms with E-state index in [1.165, 1.54) is 0 Å². The fourth-order valence-electron chi connectivity index (χ4n) is 1.64. The van der Waals surface area contributed by atoms with Crippen molar-refractivity contribution < 1.29 is 14.7 Å². The topological polar surface area (TPSA) is 78.4 Å². The molecule has 1 fully saturated rings. The lowest BCUT2D eigenvalue weighted by Gasteiger charge is -2.28. The lowest BCUT2D eigenvalue weighted by molar-refractivity contribution is -0.144. The maximum absolute atomic E-state index is 11.7. The Balaban J connectivity index is 2.56. The highest BCUT2D eigenvalue weighted by Gasteiger charge is 2.48. The van der Waals surface area contributed by atoms with E-state index < -0.39 is 17.5 Å². The molecule has 98 valence electrons. The molecule has 2 unspecified atom stereocenters. The molecular weight excluding hydrogens is 220 g/mol. The number of hydrogen-bond donors (Lipinski definition) is 3. The quantitative estimate of drug-likeness (QED) is 0.685. The molecule has 0 bridgehead atoms. The van der Waals surface area contributed by atoms with Crippen molar-refractivity contribution in [3.63, 3.8) is 0 Å². The summed E-state index contributed by atoms with van der Waals surface area (Å²) in [5, 5.41) is 14.5. The first kappa shape index (κ1) is 13.8. The van der Waals surface area contributed by atoms with Crippen LogP contribution in [0.1, 0.15) is 40.5 Å². The van der Waals surface area contributed by atoms with E-state index in [-0.39, 0.29) is 12.0 Å². The fraction of sp³-hybridized carbons (Fsp3) is 0.833. The Labute approximate surface area is 102 Å². The van der Waals surface area contributed by atoms with Crippen LogP contribution in [0.3, 0.4) is 0 Å². The Kier molecular flexibility index (Phi) is 4.01. The molecule has 0 aromatic carbocycles. The SMILES string of the molecule is CC(C)C(C)NC(=O)NC(C)(C(=O)O)C1CC1. The lowest BCUT2D eigenvalue weighted by atomic mass is 9.96. The van der Waals surface area contributed by atoms with Crippen LogP contribution in [0.5, 0.6) is 0 Å². The summed E-state index contributed by atoms with van der Waals surface area (Å²) in [5.41, 5.74) is -1.14. The molecule has 0 aromatic rings. The highest BCUT2D eigenvalue weighted by Crippen LogP contribution is 2.39. The number of carbonyl (C=O) groups is 2. The van der Waals surface area contributed by atoms with Crippen molar-refractivity contribution in [3.05, 3.63) is 0 Å². The van der Waals surface area contributed by atoms with E-state index in [9.17, 15) is 14.7 Å². The monoisotopic (exact) mass is 242 g/mol. The van der Waals surface area contributed by atoms with Gasteiger partial charge in [-0.15, -0.1) is 0 Å². The van der Waals surface area contributed by atoms with Crippen LogP contribution in [0.4, 0.5) is 4.79 Å². The Morgan fingerprint density at radius 1 is 1.29 bits per heavy atom. The van der Waals surface area contributed by atoms with Crippen LogP contribution in [0, 0.1) is 11.8 Å². The van der Waals surface area contributed by atoms with E-state index in [2.05, 4.69) is 10.6 Å². The van der Waals surface area contributed by atoms with Gasteiger partial charge in [-0.05, 0) is 38.5 Å². The number of amides is 2. The first-order valence-electron chi connectivity index (χ1n) is 6.09. The number of aliphatic carboxylic acids is 1. The van der Waals surface area contributed by atoms with E-state index in [0.29, 0.717) is 5.92 Å². The molecular formula is C12H22N2O3. The summed E-state index contributed by atoms with van der Waals surface area (Å²) in [5.74, 6) is -0.592. The average molecular weight is 242 g/mol. The first-order valence-corrected chi connectivity index (χ1v) is 6.09. The van der Waals surface area contributed by atoms with E-state index in [4.69, 9.17) is 0 Å². The normalized spacial score (nSPS) is 20.5. The van der Waals surface area contributed by atoms with Gasteiger partial charge in [-0.3, -0.25) is 0 Å². The molecule has 0 heterocycles. The van der Waals surface area contributed by atoms with Crippen LogP contribution < -0.4 is 10.6 Å². The molecule has 17 heavy (non-hydrogen) atoms. The minimum absolute atomic E-state index is 0.0206. The molecule has 2 amide bonds. The van der Waals surface area contributed by atoms with E-state index in [1.807, 2.05) is 20.8 Å². The average Bonchev–Trinajstić information content (AvgIpc) is 2.99. The summed E-state index contributed by atoms with van der Waals surface area (Å²) in [6, 6.07) is -0.379. The summed E-state index contributed by atoms with van der Waals surface area (Å²) in [4.78, 5) is 22.9. The van der Waals surface area contributed by atoms with Crippen LogP contribution >= 0.6 is 0 Å². The number of urea groups is 1. The van der Waals surface area contributed by atoms with Gasteiger partial charge < -0.3 is 15.7 Å². The first-order chi connectivity index (χ1) is 7.77. The molecule has 2 atom stereocenters. The molecule has 5 heteroatoms. The summed E-state index contributed by atoms with van der Waals surface area (Å²) in [6.45, 7) is 7.48. The van der Waals surface area contributed by atoms with E-state index in [1.54, 1.807) is 6.92 Å². The van der Waals surface area contributed by atoms with E-state index >= 15 is 0 Å². The van der Waals surface area contributed by atoms with Crippen molar-refractivity contribution in [1.82, 2.24) is 10.6 Å². The van der Waals surface area contributed by atoms with Gasteiger partial charge in [0.15, 0.2) is 0 Å². The summed E-state index contributed by atoms with van der Waals surface area (Å²) < 4.78 is 0. The van der Waals surface area contributed by atoms with Gasteiger partial charge in [-0.1, -0.05) is 13.8 Å². The largest absolute Gasteiger partial charge is 0.480 e. The molecule has 0 spiro atoms. The van der Waals surface area contributed by atoms with Crippen molar-refractivity contribution in [2.24, 2.45) is 11.8 Å². The highest BCUT2D eigenvalue weighted by molar-refractivity contribution is 5.86. The van der Waals surface area contributed by atoms with Crippen molar-refractivity contribution in [3.8, 4) is 0 Å². The van der Waals surface area contributed by atoms with Gasteiger partial charge in [0.1, 0.15) is 5.54 Å². The zero-order chi connectivity index (χ0) is 13.2. The Morgan fingerprint density at radius 3 is 2.18 bits per heavy atom. The second-order valence-electron chi connectivity index (χ2n) is 5.41. The number of rotatable bonds is 5. The molecule has 0 saturated heterocycles. The minimum Gasteiger partial charge on any atom is -0.480 e. The third-order valence-electron chi connectivity index (χ3n) is 3.57. The van der Waals surface area contributed by atoms with Gasteiger partial charge in [-0.25, -0.2) is 9.59 Å². The van der Waals surface area contributed by atoms with Gasteiger partial charge >= 0.3 is 12.0 Å². The van der Waals surface area contributed by atoms with Gasteiger partial charge in [0, 0.05) is 6.04 Å². The summed E-state index contributed by atoms with van der Waals surface area (Å²) in [6.07, 6.45) is 1.73. The van der Waals surface area contributed by atoms with Crippen molar-refractivity contribution in [1.29, 1.82) is 0 Å². The standard InChI is InChI=1S/C12H22N2O3/c1-7(2)8(3)13-11(17)14-12(4,10(15)16)9-5-6-9/h7-9H,5-6H2,1-4H3,(H,15,16)(H2,13,14,17). The second kappa shape index (κ2) is 4.94. The third kappa shape index (κ3) is 3.35. The summed E-state index contributed by atoms with van der Waals surface area (Å²) >= 11 is 0. The Hall–Kier alpha value is -1.26. The molecule has 1 aliphatic carbocycles. The highest BCUT2D eigenvalue weighted by atomic mass is 16.4. The van der Waals surface area contributed by atoms with Crippen LogP contribution in [0.2, 0.25) is 0 Å². The second-order valence-corrected chi connectivity index (χ2v) is 5.41. The lowest BCUT2D eigenvalue weighted by Crippen LogP contribution is -2.58. The predicted octanol–water partition coefficient (Wildman–Crippen LogP) is 1.58. The van der Waals surface area contributed by atoms with Crippen LogP contribution in [0.25, 0.3) is 0 Å². The fourth-order valence-corrected chi connectivity index (χ4v) is 1.64. The molecule has 0 aromatic heterocycles. The smallest absolute Gasteiger partial charge is 0.329 e. The number of carbonyl (C=O) groups excluding carboxylic acids is 1. The maximum atomic E-state index is 11.7. The van der Waals surface area contributed by atoms with Gasteiger partial charge in [0.05, 0.1) is 0 Å². The molecule has 3 N–H and O–H groups in total. The van der Waals surface area contributed by atoms with Gasteiger partial charge in [-0.2, -0.15) is 0 Å². The van der Waals surface area contributed by atoms with E-state index in [0.717, 1.165) is 12.8 Å². The zero-order valence-electron chi connectivity index (χ0n) is 10.9. The maximum Gasteiger partial charge on any atom is 0.329 e. The number of hydrogen-bond acceptors (Lipinski definition) is 2. The van der Waals surface area contributed by atoms with Crippen LogP contribution in [0.15, 0.2) is 0 Å². The van der Waals surface area contributed by atoms with Crippen molar-refractivity contribution in [2.75, 3.05) is 0 Å². The third-order valence-corrected chi connectivity index (χ3v) is 3.57. The predicted molar refractivity (Wildman–Crippen MR) is 64.7 cm³/mol. The van der Waals surface area contributed by atoms with Crippen LogP contribution in [-0.2, 0) is 4.79 Å². The van der Waals surface area contributed by atoms with Crippen LogP contribution in [-0.4, -0.2) is 28.7 Å². The minimum atomic E-state index is -1.14. The zero-order valence-corrected chi connectivity index (χ0v) is 10.9. The van der Waals surface area contributed by atoms with Crippen molar-refractivity contribution >= 4 is 12.0 Å². The Morgan fingerprint density at radius 2 is 1.82 bits per heavy atom. The number of nitrogens with one attached hydrogen (secondary N) is 2. The number of carboxylic acid groups (broad SMARTS) is 1. The molecule has 1 saturated carbocycles. The molecule has 5 nitrogen and oxygen atoms in total. The molecule has 0 aliphatic heterocycles.